The Morgan fingerprint density at radius 2 is 2.39 bits per heavy atom. The lowest BCUT2D eigenvalue weighted by molar-refractivity contribution is 0.266. The smallest absolute Gasteiger partial charge is 0.287 e. The van der Waals surface area contributed by atoms with Crippen LogP contribution in [0.3, 0.4) is 0 Å². The van der Waals surface area contributed by atoms with E-state index in [4.69, 9.17) is 22.4 Å². The predicted molar refractivity (Wildman–Crippen MR) is 72.0 cm³/mol. The van der Waals surface area contributed by atoms with E-state index in [-0.39, 0.29) is 24.2 Å². The lowest BCUT2D eigenvalue weighted by Gasteiger charge is -2.18. The van der Waals surface area contributed by atoms with Crippen LogP contribution in [0.2, 0.25) is 5.02 Å². The zero-order chi connectivity index (χ0) is 13.5. The summed E-state index contributed by atoms with van der Waals surface area (Å²) >= 11 is 5.98. The first-order valence-electron chi connectivity index (χ1n) is 5.97. The van der Waals surface area contributed by atoms with E-state index in [1.54, 1.807) is 0 Å². The lowest BCUT2D eigenvalue weighted by atomic mass is 10.1. The quantitative estimate of drug-likeness (QED) is 0.670. The number of hydrogen-bond acceptors (Lipinski definition) is 5. The van der Waals surface area contributed by atoms with E-state index >= 15 is 0 Å². The van der Waals surface area contributed by atoms with Crippen LogP contribution in [-0.2, 0) is 6.54 Å². The second-order valence-corrected chi connectivity index (χ2v) is 4.37. The van der Waals surface area contributed by atoms with Crippen LogP contribution in [0.5, 0.6) is 0 Å². The van der Waals surface area contributed by atoms with E-state index in [1.165, 1.54) is 6.20 Å². The number of aliphatic hydroxyl groups is 1. The average Bonchev–Trinajstić information content (AvgIpc) is 2.37. The van der Waals surface area contributed by atoms with Crippen LogP contribution in [0.25, 0.3) is 0 Å². The monoisotopic (exact) mass is 274 g/mol. The summed E-state index contributed by atoms with van der Waals surface area (Å²) in [6, 6.07) is 0.0717. The number of halogens is 1. The number of aromatic nitrogens is 2. The summed E-state index contributed by atoms with van der Waals surface area (Å²) in [5, 5.41) is 15.9. The molecule has 0 saturated heterocycles. The van der Waals surface area contributed by atoms with Crippen molar-refractivity contribution in [3.05, 3.63) is 21.6 Å². The van der Waals surface area contributed by atoms with Crippen LogP contribution in [0.1, 0.15) is 19.8 Å². The maximum atomic E-state index is 11.8. The Morgan fingerprint density at radius 3 is 2.94 bits per heavy atom. The number of hydrogen-bond donors (Lipinski definition) is 3. The van der Waals surface area contributed by atoms with Gasteiger partial charge in [0.05, 0.1) is 25.0 Å². The molecule has 7 heteroatoms. The van der Waals surface area contributed by atoms with Crippen molar-refractivity contribution >= 4 is 17.3 Å². The van der Waals surface area contributed by atoms with Gasteiger partial charge in [-0.25, -0.2) is 4.68 Å². The zero-order valence-corrected chi connectivity index (χ0v) is 11.2. The minimum atomic E-state index is -0.414. The Morgan fingerprint density at radius 1 is 1.67 bits per heavy atom. The van der Waals surface area contributed by atoms with Crippen molar-refractivity contribution in [1.29, 1.82) is 0 Å². The van der Waals surface area contributed by atoms with Crippen molar-refractivity contribution in [2.45, 2.75) is 32.4 Å². The first-order chi connectivity index (χ1) is 8.63. The fourth-order valence-electron chi connectivity index (χ4n) is 1.64. The molecule has 102 valence electrons. The lowest BCUT2D eigenvalue weighted by Crippen LogP contribution is -2.31. The van der Waals surface area contributed by atoms with Crippen molar-refractivity contribution in [3.8, 4) is 0 Å². The molecule has 0 amide bonds. The second kappa shape index (κ2) is 7.35. The molecule has 18 heavy (non-hydrogen) atoms. The number of nitrogens with two attached hydrogens (primary N) is 1. The van der Waals surface area contributed by atoms with Gasteiger partial charge in [0, 0.05) is 12.6 Å². The van der Waals surface area contributed by atoms with Crippen LogP contribution in [0.4, 0.5) is 5.69 Å². The van der Waals surface area contributed by atoms with Gasteiger partial charge in [0.15, 0.2) is 0 Å². The Hall–Kier alpha value is -1.11. The van der Waals surface area contributed by atoms with Gasteiger partial charge in [-0.3, -0.25) is 4.79 Å². The number of rotatable bonds is 7. The molecule has 1 heterocycles. The third-order valence-corrected chi connectivity index (χ3v) is 2.94. The number of aliphatic hydroxyl groups excluding tert-OH is 1. The maximum absolute atomic E-state index is 11.8. The molecule has 0 aromatic carbocycles. The van der Waals surface area contributed by atoms with Gasteiger partial charge in [-0.1, -0.05) is 24.9 Å². The summed E-state index contributed by atoms with van der Waals surface area (Å²) < 4.78 is 1.13. The summed E-state index contributed by atoms with van der Waals surface area (Å²) in [4.78, 5) is 11.8. The standard InChI is InChI=1S/C11H19ClN4O2/c1-2-3-8(6-13)15-9-7-14-16(4-5-17)11(18)10(9)12/h7-8,15,17H,2-6,13H2,1H3. The van der Waals surface area contributed by atoms with Crippen molar-refractivity contribution in [2.75, 3.05) is 18.5 Å². The molecule has 0 aliphatic rings. The topological polar surface area (TPSA) is 93.2 Å². The summed E-state index contributed by atoms with van der Waals surface area (Å²) in [7, 11) is 0. The normalized spacial score (nSPS) is 12.4. The minimum Gasteiger partial charge on any atom is -0.394 e. The van der Waals surface area contributed by atoms with E-state index in [0.29, 0.717) is 12.2 Å². The van der Waals surface area contributed by atoms with E-state index in [2.05, 4.69) is 17.3 Å². The fourth-order valence-corrected chi connectivity index (χ4v) is 1.84. The summed E-state index contributed by atoms with van der Waals surface area (Å²) in [6.07, 6.45) is 3.37. The van der Waals surface area contributed by atoms with Crippen molar-refractivity contribution < 1.29 is 5.11 Å². The average molecular weight is 275 g/mol. The molecule has 1 atom stereocenters. The van der Waals surface area contributed by atoms with Gasteiger partial charge < -0.3 is 16.2 Å². The van der Waals surface area contributed by atoms with Crippen LogP contribution in [0.15, 0.2) is 11.0 Å². The molecular formula is C11H19ClN4O2. The first-order valence-corrected chi connectivity index (χ1v) is 6.34. The summed E-state index contributed by atoms with van der Waals surface area (Å²) in [6.45, 7) is 2.50. The van der Waals surface area contributed by atoms with Gasteiger partial charge >= 0.3 is 0 Å². The van der Waals surface area contributed by atoms with Gasteiger partial charge in [-0.15, -0.1) is 0 Å². The summed E-state index contributed by atoms with van der Waals surface area (Å²) in [5.41, 5.74) is 5.70. The molecule has 0 spiro atoms. The first kappa shape index (κ1) is 14.9. The van der Waals surface area contributed by atoms with E-state index in [1.807, 2.05) is 0 Å². The fraction of sp³-hybridized carbons (Fsp3) is 0.636. The molecule has 0 aliphatic carbocycles. The molecule has 0 aliphatic heterocycles. The van der Waals surface area contributed by atoms with Gasteiger partial charge in [0.2, 0.25) is 0 Å². The molecule has 1 rings (SSSR count). The predicted octanol–water partition coefficient (Wildman–Crippen LogP) is 0.428. The Labute approximate surface area is 111 Å². The van der Waals surface area contributed by atoms with Crippen molar-refractivity contribution in [1.82, 2.24) is 9.78 Å². The van der Waals surface area contributed by atoms with Gasteiger partial charge in [0.1, 0.15) is 5.02 Å². The molecule has 0 fully saturated rings. The molecule has 1 aromatic rings. The van der Waals surface area contributed by atoms with Crippen LogP contribution in [-0.4, -0.2) is 34.1 Å². The van der Waals surface area contributed by atoms with E-state index in [0.717, 1.165) is 17.5 Å². The van der Waals surface area contributed by atoms with Gasteiger partial charge in [0.25, 0.3) is 5.56 Å². The minimum absolute atomic E-state index is 0.0717. The van der Waals surface area contributed by atoms with Crippen molar-refractivity contribution in [2.24, 2.45) is 5.73 Å². The number of nitrogens with one attached hydrogen (secondary N) is 1. The molecule has 0 bridgehead atoms. The molecule has 4 N–H and O–H groups in total. The molecule has 1 aromatic heterocycles. The van der Waals surface area contributed by atoms with E-state index < -0.39 is 5.56 Å². The Kier molecular flexibility index (Phi) is 6.11. The third kappa shape index (κ3) is 3.69. The molecule has 1 unspecified atom stereocenters. The second-order valence-electron chi connectivity index (χ2n) is 3.99. The highest BCUT2D eigenvalue weighted by molar-refractivity contribution is 6.32. The highest BCUT2D eigenvalue weighted by Crippen LogP contribution is 2.17. The van der Waals surface area contributed by atoms with Crippen LogP contribution >= 0.6 is 11.6 Å². The Balaban J connectivity index is 2.91. The number of nitrogens with zero attached hydrogens (tertiary/aromatic N) is 2. The van der Waals surface area contributed by atoms with E-state index in [9.17, 15) is 4.79 Å². The Bertz CT molecular complexity index is 436. The van der Waals surface area contributed by atoms with Crippen LogP contribution in [0, 0.1) is 0 Å². The number of anilines is 1. The highest BCUT2D eigenvalue weighted by Gasteiger charge is 2.12. The van der Waals surface area contributed by atoms with Gasteiger partial charge in [-0.2, -0.15) is 5.10 Å². The highest BCUT2D eigenvalue weighted by atomic mass is 35.5. The van der Waals surface area contributed by atoms with Crippen molar-refractivity contribution in [3.63, 3.8) is 0 Å². The zero-order valence-electron chi connectivity index (χ0n) is 10.4. The maximum Gasteiger partial charge on any atom is 0.287 e. The molecular weight excluding hydrogens is 256 g/mol. The molecule has 6 nitrogen and oxygen atoms in total. The molecule has 0 saturated carbocycles. The SMILES string of the molecule is CCCC(CN)Nc1cnn(CCO)c(=O)c1Cl. The summed E-state index contributed by atoms with van der Waals surface area (Å²) in [5.74, 6) is 0. The molecule has 0 radical (unpaired) electrons. The third-order valence-electron chi connectivity index (χ3n) is 2.58. The largest absolute Gasteiger partial charge is 0.394 e. The van der Waals surface area contributed by atoms with Crippen LogP contribution < -0.4 is 16.6 Å². The van der Waals surface area contributed by atoms with Gasteiger partial charge in [-0.05, 0) is 6.42 Å².